The molecule has 0 aliphatic carbocycles. The lowest BCUT2D eigenvalue weighted by molar-refractivity contribution is 0.0754. The minimum Gasteiger partial charge on any atom is -0.411 e. The molecule has 0 unspecified atom stereocenters. The molecule has 0 radical (unpaired) electrons. The molecule has 1 aliphatic heterocycles. The van der Waals surface area contributed by atoms with Gasteiger partial charge >= 0.3 is 11.8 Å². The van der Waals surface area contributed by atoms with Crippen molar-refractivity contribution in [1.29, 1.82) is 0 Å². The summed E-state index contributed by atoms with van der Waals surface area (Å²) in [6.07, 6.45) is 3.77. The Kier molecular flexibility index (Phi) is 5.89. The van der Waals surface area contributed by atoms with Gasteiger partial charge in [0.2, 0.25) is 10.0 Å². The van der Waals surface area contributed by atoms with E-state index in [0.717, 1.165) is 18.4 Å². The van der Waals surface area contributed by atoms with Crippen molar-refractivity contribution < 1.29 is 17.6 Å². The second-order valence-electron chi connectivity index (χ2n) is 6.93. The third kappa shape index (κ3) is 4.55. The number of aromatic nitrogens is 3. The fourth-order valence-electron chi connectivity index (χ4n) is 3.19. The van der Waals surface area contributed by atoms with Crippen molar-refractivity contribution >= 4 is 27.5 Å². The zero-order valence-corrected chi connectivity index (χ0v) is 17.5. The molecule has 0 atom stereocenters. The summed E-state index contributed by atoms with van der Waals surface area (Å²) in [5.74, 6) is -0.360. The first-order chi connectivity index (χ1) is 14.4. The number of nitrogens with one attached hydrogen (secondary N) is 2. The van der Waals surface area contributed by atoms with Crippen molar-refractivity contribution in [1.82, 2.24) is 24.8 Å². The maximum atomic E-state index is 12.5. The molecule has 0 spiro atoms. The molecule has 158 valence electrons. The second kappa shape index (κ2) is 8.58. The molecular weight excluding hydrogens is 430 g/mol. The highest BCUT2D eigenvalue weighted by Crippen LogP contribution is 2.21. The molecule has 1 fully saturated rings. The van der Waals surface area contributed by atoms with Crippen LogP contribution in [0.2, 0.25) is 5.02 Å². The Hall–Kier alpha value is -2.69. The van der Waals surface area contributed by atoms with Gasteiger partial charge in [0.15, 0.2) is 0 Å². The number of H-pyrrole nitrogens is 1. The van der Waals surface area contributed by atoms with E-state index in [1.165, 1.54) is 12.3 Å². The summed E-state index contributed by atoms with van der Waals surface area (Å²) in [7, 11) is -3.72. The summed E-state index contributed by atoms with van der Waals surface area (Å²) in [4.78, 5) is 16.8. The first-order valence-corrected chi connectivity index (χ1v) is 11.3. The molecule has 11 heteroatoms. The van der Waals surface area contributed by atoms with Crippen LogP contribution in [-0.2, 0) is 16.4 Å². The van der Waals surface area contributed by atoms with E-state index >= 15 is 0 Å². The van der Waals surface area contributed by atoms with Crippen LogP contribution in [0.3, 0.4) is 0 Å². The van der Waals surface area contributed by atoms with Crippen molar-refractivity contribution in [3.8, 4) is 11.6 Å². The normalized spacial score (nSPS) is 14.4. The summed E-state index contributed by atoms with van der Waals surface area (Å²) >= 11 is 5.85. The second-order valence-corrected chi connectivity index (χ2v) is 9.14. The largest absolute Gasteiger partial charge is 0.411 e. The minimum atomic E-state index is -3.72. The summed E-state index contributed by atoms with van der Waals surface area (Å²) in [6.45, 7) is 1.58. The van der Waals surface area contributed by atoms with Crippen molar-refractivity contribution in [3.63, 3.8) is 0 Å². The first kappa shape index (κ1) is 20.6. The molecule has 2 N–H and O–H groups in total. The van der Waals surface area contributed by atoms with E-state index in [0.29, 0.717) is 30.2 Å². The third-order valence-electron chi connectivity index (χ3n) is 4.82. The Labute approximate surface area is 178 Å². The number of carbonyl (C=O) groups excluding carboxylic acids is 1. The van der Waals surface area contributed by atoms with E-state index in [1.807, 2.05) is 12.1 Å². The predicted molar refractivity (Wildman–Crippen MR) is 110 cm³/mol. The smallest absolute Gasteiger partial charge is 0.311 e. The number of hydrogen-bond donors (Lipinski definition) is 2. The zero-order valence-electron chi connectivity index (χ0n) is 16.0. The van der Waals surface area contributed by atoms with Gasteiger partial charge in [-0.3, -0.25) is 4.79 Å². The molecular formula is C19H20ClN5O4S. The van der Waals surface area contributed by atoms with Gasteiger partial charge in [0.05, 0.1) is 0 Å². The number of sulfonamides is 1. The van der Waals surface area contributed by atoms with Crippen molar-refractivity contribution in [3.05, 3.63) is 53.0 Å². The highest BCUT2D eigenvalue weighted by Gasteiger charge is 2.25. The van der Waals surface area contributed by atoms with Crippen molar-refractivity contribution in [2.45, 2.75) is 24.2 Å². The van der Waals surface area contributed by atoms with E-state index in [9.17, 15) is 13.2 Å². The summed E-state index contributed by atoms with van der Waals surface area (Å²) < 4.78 is 33.1. The number of amides is 1. The zero-order chi connectivity index (χ0) is 21.1. The van der Waals surface area contributed by atoms with Gasteiger partial charge in [-0.05, 0) is 43.0 Å². The van der Waals surface area contributed by atoms with Crippen LogP contribution in [0, 0.1) is 0 Å². The van der Waals surface area contributed by atoms with Crippen LogP contribution in [-0.4, -0.2) is 54.0 Å². The SMILES string of the molecule is O=C(c1nnc(-c2cc(S(=O)(=O)NCCc3ccc(Cl)cc3)c[nH]2)o1)N1CCCC1. The van der Waals surface area contributed by atoms with Crippen LogP contribution in [0.1, 0.15) is 29.1 Å². The van der Waals surface area contributed by atoms with Gasteiger partial charge < -0.3 is 14.3 Å². The fraction of sp³-hybridized carbons (Fsp3) is 0.316. The summed E-state index contributed by atoms with van der Waals surface area (Å²) in [5.41, 5.74) is 1.29. The van der Waals surface area contributed by atoms with Crippen molar-refractivity contribution in [2.24, 2.45) is 0 Å². The maximum absolute atomic E-state index is 12.5. The van der Waals surface area contributed by atoms with Crippen LogP contribution in [0.25, 0.3) is 11.6 Å². The van der Waals surface area contributed by atoms with E-state index in [-0.39, 0.29) is 29.1 Å². The standard InChI is InChI=1S/C19H20ClN5O4S/c20-14-5-3-13(4-6-14)7-8-22-30(27,28)15-11-16(21-12-15)17-23-24-18(29-17)19(26)25-9-1-2-10-25/h3-6,11-12,21-22H,1-2,7-10H2. The predicted octanol–water partition coefficient (Wildman–Crippen LogP) is 2.48. The van der Waals surface area contributed by atoms with E-state index in [2.05, 4.69) is 19.9 Å². The molecule has 1 saturated heterocycles. The first-order valence-electron chi connectivity index (χ1n) is 9.48. The fourth-order valence-corrected chi connectivity index (χ4v) is 4.34. The van der Waals surface area contributed by atoms with Crippen LogP contribution in [0.4, 0.5) is 0 Å². The Balaban J connectivity index is 1.40. The molecule has 3 aromatic rings. The summed E-state index contributed by atoms with van der Waals surface area (Å²) in [6, 6.07) is 8.61. The van der Waals surface area contributed by atoms with Crippen LogP contribution < -0.4 is 4.72 Å². The van der Waals surface area contributed by atoms with Crippen molar-refractivity contribution in [2.75, 3.05) is 19.6 Å². The summed E-state index contributed by atoms with van der Waals surface area (Å²) in [5, 5.41) is 8.29. The number of nitrogens with zero attached hydrogens (tertiary/aromatic N) is 3. The van der Waals surface area contributed by atoms with Gasteiger partial charge in [0, 0.05) is 30.9 Å². The van der Waals surface area contributed by atoms with Crippen LogP contribution >= 0.6 is 11.6 Å². The van der Waals surface area contributed by atoms with Gasteiger partial charge in [-0.1, -0.05) is 23.7 Å². The number of carbonyl (C=O) groups is 1. The lowest BCUT2D eigenvalue weighted by Gasteiger charge is -2.11. The molecule has 1 aliphatic rings. The number of aromatic amines is 1. The van der Waals surface area contributed by atoms with E-state index < -0.39 is 10.0 Å². The van der Waals surface area contributed by atoms with E-state index in [4.69, 9.17) is 16.0 Å². The average Bonchev–Trinajstić information content (AvgIpc) is 3.49. The maximum Gasteiger partial charge on any atom is 0.311 e. The van der Waals surface area contributed by atoms with Crippen LogP contribution in [0.15, 0.2) is 45.8 Å². The molecule has 2 aromatic heterocycles. The van der Waals surface area contributed by atoms with Gasteiger partial charge in [-0.15, -0.1) is 10.2 Å². The quantitative estimate of drug-likeness (QED) is 0.571. The number of benzene rings is 1. The van der Waals surface area contributed by atoms with Gasteiger partial charge in [0.1, 0.15) is 10.6 Å². The Morgan fingerprint density at radius 3 is 2.67 bits per heavy atom. The number of halogens is 1. The molecule has 1 aromatic carbocycles. The van der Waals surface area contributed by atoms with E-state index in [1.54, 1.807) is 17.0 Å². The number of rotatable bonds is 7. The van der Waals surface area contributed by atoms with Gasteiger partial charge in [0.25, 0.3) is 5.89 Å². The topological polar surface area (TPSA) is 121 Å². The number of hydrogen-bond acceptors (Lipinski definition) is 6. The van der Waals surface area contributed by atoms with Gasteiger partial charge in [-0.25, -0.2) is 13.1 Å². The molecule has 1 amide bonds. The molecule has 3 heterocycles. The molecule has 9 nitrogen and oxygen atoms in total. The molecule has 0 bridgehead atoms. The lowest BCUT2D eigenvalue weighted by atomic mass is 10.2. The van der Waals surface area contributed by atoms with Gasteiger partial charge in [-0.2, -0.15) is 0 Å². The third-order valence-corrected chi connectivity index (χ3v) is 6.51. The average molecular weight is 450 g/mol. The lowest BCUT2D eigenvalue weighted by Crippen LogP contribution is -2.27. The monoisotopic (exact) mass is 449 g/mol. The highest BCUT2D eigenvalue weighted by molar-refractivity contribution is 7.89. The minimum absolute atomic E-state index is 0.0409. The molecule has 0 saturated carbocycles. The highest BCUT2D eigenvalue weighted by atomic mass is 35.5. The van der Waals surface area contributed by atoms with Crippen LogP contribution in [0.5, 0.6) is 0 Å². The Morgan fingerprint density at radius 2 is 1.93 bits per heavy atom. The molecule has 4 rings (SSSR count). The number of likely N-dealkylation sites (tertiary alicyclic amines) is 1. The Bertz CT molecular complexity index is 1130. The Morgan fingerprint density at radius 1 is 1.20 bits per heavy atom. The molecule has 30 heavy (non-hydrogen) atoms.